The molecule has 3 saturated heterocycles. The SMILES string of the molecule is CCC[CH2][Sn]([CH2]/C=C\O[C@H]1CC[C@@]2(C)O[C@H]3[C@@H](O[Si](C(C)C)(C(C)C)C(C)C)C[C@@H](CCCO[Si](C(C)C)(C(C)C)C(C)C)O[C@@H]3C[C@@H]2O[C@@H]1CCCO)([CH2]CCC)[CH2]CCC. The molecule has 0 bridgehead atoms. The topological polar surface area (TPSA) is 75.6 Å². The fourth-order valence-corrected chi connectivity index (χ4v) is 39.2. The van der Waals surface area contributed by atoms with Crippen LogP contribution in [0, 0.1) is 0 Å². The molecular formula is C52H104O7Si2Sn. The molecule has 366 valence electrons. The van der Waals surface area contributed by atoms with Gasteiger partial charge in [-0.15, -0.1) is 0 Å². The maximum atomic E-state index is 10.0. The minimum absolute atomic E-state index is 0.0186. The summed E-state index contributed by atoms with van der Waals surface area (Å²) in [5, 5.41) is 10.0. The van der Waals surface area contributed by atoms with Crippen LogP contribution in [0.5, 0.6) is 0 Å². The van der Waals surface area contributed by atoms with Crippen LogP contribution in [-0.2, 0) is 27.8 Å². The zero-order valence-corrected chi connectivity index (χ0v) is 48.6. The first kappa shape index (κ1) is 56.9. The minimum atomic E-state index is -2.32. The standard InChI is InChI=1S/C40H77O7Si2.3C4H9.Sn/c1-15-23-42-34-20-21-40(14)38(45-35(34)19-16-22-41)26-36-39(46-40)37(47-49(30(8)9,31(10)11)32(12)13)25-33(44-36)18-17-24-43-48(27(2)3,28(4)5)29(6)7;3*1-3-4-2;/h15,23,27-39,41H,1,16-22,24-26H2,2-14H3;3*1,3-4H2,2H3;/b23-15-;;;;/t33-,34+,35-,36-,37+,38+,39-,40-;;;;/m1..../s1. The summed E-state index contributed by atoms with van der Waals surface area (Å²) < 4.78 is 49.2. The van der Waals surface area contributed by atoms with E-state index < -0.39 is 40.6 Å². The number of hydrogen-bond acceptors (Lipinski definition) is 7. The molecule has 0 aromatic carbocycles. The van der Waals surface area contributed by atoms with Crippen LogP contribution in [0.3, 0.4) is 0 Å². The molecule has 0 aromatic rings. The number of allylic oxidation sites excluding steroid dienone is 1. The molecule has 3 aliphatic heterocycles. The molecule has 0 saturated carbocycles. The quantitative estimate of drug-likeness (QED) is 0.0454. The Bertz CT molecular complexity index is 1200. The van der Waals surface area contributed by atoms with Gasteiger partial charge in [0.15, 0.2) is 8.32 Å². The van der Waals surface area contributed by atoms with Gasteiger partial charge in [0.25, 0.3) is 0 Å². The molecule has 0 radical (unpaired) electrons. The first-order valence-corrected chi connectivity index (χ1v) is 38.9. The summed E-state index contributed by atoms with van der Waals surface area (Å²) in [6.45, 7) is 39.0. The Labute approximate surface area is 391 Å². The van der Waals surface area contributed by atoms with Crippen molar-refractivity contribution < 1.29 is 32.9 Å². The molecule has 3 fully saturated rings. The molecule has 62 heavy (non-hydrogen) atoms. The van der Waals surface area contributed by atoms with Crippen LogP contribution in [0.15, 0.2) is 12.3 Å². The second-order valence-electron chi connectivity index (χ2n) is 22.6. The fraction of sp³-hybridized carbons (Fsp3) is 0.962. The maximum absolute atomic E-state index is 10.0. The van der Waals surface area contributed by atoms with Crippen molar-refractivity contribution in [2.24, 2.45) is 0 Å². The molecule has 3 rings (SSSR count). The average molecular weight is 1020 g/mol. The van der Waals surface area contributed by atoms with Crippen LogP contribution in [0.4, 0.5) is 0 Å². The summed E-state index contributed by atoms with van der Waals surface area (Å²) in [6.07, 6.45) is 18.9. The van der Waals surface area contributed by atoms with Crippen LogP contribution < -0.4 is 0 Å². The van der Waals surface area contributed by atoms with Crippen molar-refractivity contribution in [1.29, 1.82) is 0 Å². The van der Waals surface area contributed by atoms with E-state index >= 15 is 0 Å². The van der Waals surface area contributed by atoms with Crippen LogP contribution in [0.25, 0.3) is 0 Å². The van der Waals surface area contributed by atoms with E-state index in [1.165, 1.54) is 56.3 Å². The van der Waals surface area contributed by atoms with Crippen molar-refractivity contribution >= 4 is 35.0 Å². The van der Waals surface area contributed by atoms with E-state index in [9.17, 15) is 5.11 Å². The van der Waals surface area contributed by atoms with Gasteiger partial charge in [-0.25, -0.2) is 0 Å². The van der Waals surface area contributed by atoms with Gasteiger partial charge in [-0.05, 0) is 46.1 Å². The van der Waals surface area contributed by atoms with Gasteiger partial charge in [-0.1, -0.05) is 83.1 Å². The Morgan fingerprint density at radius 1 is 0.694 bits per heavy atom. The van der Waals surface area contributed by atoms with Gasteiger partial charge >= 0.3 is 237 Å². The summed E-state index contributed by atoms with van der Waals surface area (Å²) >= 11 is -2.32. The Morgan fingerprint density at radius 3 is 1.74 bits per heavy atom. The summed E-state index contributed by atoms with van der Waals surface area (Å²) in [5.74, 6) is 0. The van der Waals surface area contributed by atoms with Crippen molar-refractivity contribution in [1.82, 2.24) is 0 Å². The molecule has 0 amide bonds. The molecule has 7 nitrogen and oxygen atoms in total. The Balaban J connectivity index is 1.90. The molecular weight excluding hydrogens is 911 g/mol. The summed E-state index contributed by atoms with van der Waals surface area (Å²) in [6, 6.07) is 0. The van der Waals surface area contributed by atoms with Gasteiger partial charge in [0, 0.05) is 6.61 Å². The predicted octanol–water partition coefficient (Wildman–Crippen LogP) is 15.3. The second-order valence-corrected chi connectivity index (χ2v) is 47.4. The van der Waals surface area contributed by atoms with Crippen molar-refractivity contribution in [2.75, 3.05) is 13.2 Å². The molecule has 0 aliphatic carbocycles. The Kier molecular flexibility index (Phi) is 24.7. The molecule has 3 heterocycles. The zero-order chi connectivity index (χ0) is 46.3. The molecule has 1 N–H and O–H groups in total. The van der Waals surface area contributed by atoms with Gasteiger partial charge in [0.1, 0.15) is 0 Å². The summed E-state index contributed by atoms with van der Waals surface area (Å²) in [4.78, 5) is 0. The van der Waals surface area contributed by atoms with Crippen molar-refractivity contribution in [3.63, 3.8) is 0 Å². The third kappa shape index (κ3) is 14.5. The second kappa shape index (κ2) is 26.9. The molecule has 0 aromatic heterocycles. The van der Waals surface area contributed by atoms with E-state index in [-0.39, 0.29) is 49.3 Å². The number of aliphatic hydroxyl groups excluding tert-OH is 1. The molecule has 0 spiro atoms. The van der Waals surface area contributed by atoms with E-state index in [1.54, 1.807) is 0 Å². The zero-order valence-electron chi connectivity index (χ0n) is 43.7. The molecule has 8 atom stereocenters. The van der Waals surface area contributed by atoms with Crippen LogP contribution in [0.2, 0.25) is 51.0 Å². The van der Waals surface area contributed by atoms with Gasteiger partial charge in [-0.3, -0.25) is 0 Å². The van der Waals surface area contributed by atoms with Crippen LogP contribution in [0.1, 0.15) is 201 Å². The number of aliphatic hydroxyl groups is 1. The van der Waals surface area contributed by atoms with E-state index in [1.807, 2.05) is 0 Å². The number of ether oxygens (including phenoxy) is 4. The third-order valence-corrected chi connectivity index (χ3v) is 43.8. The van der Waals surface area contributed by atoms with Crippen molar-refractivity contribution in [2.45, 2.75) is 300 Å². The van der Waals surface area contributed by atoms with E-state index in [2.05, 4.69) is 123 Å². The van der Waals surface area contributed by atoms with E-state index in [4.69, 9.17) is 27.8 Å². The molecule has 0 unspecified atom stereocenters. The van der Waals surface area contributed by atoms with Crippen molar-refractivity contribution in [3.05, 3.63) is 12.3 Å². The number of hydrogen-bond donors (Lipinski definition) is 1. The molecule has 3 aliphatic rings. The Morgan fingerprint density at radius 2 is 1.24 bits per heavy atom. The van der Waals surface area contributed by atoms with Gasteiger partial charge in [0.2, 0.25) is 8.32 Å². The summed E-state index contributed by atoms with van der Waals surface area (Å²) in [7, 11) is -4.16. The van der Waals surface area contributed by atoms with Crippen LogP contribution >= 0.6 is 0 Å². The monoisotopic (exact) mass is 1020 g/mol. The summed E-state index contributed by atoms with van der Waals surface area (Å²) in [5.41, 5.74) is 2.72. The molecule has 10 heteroatoms. The fourth-order valence-electron chi connectivity index (χ4n) is 13.1. The van der Waals surface area contributed by atoms with Crippen molar-refractivity contribution in [3.8, 4) is 0 Å². The normalized spacial score (nSPS) is 27.9. The van der Waals surface area contributed by atoms with E-state index in [0.717, 1.165) is 51.6 Å². The number of unbranched alkanes of at least 4 members (excludes halogenated alkanes) is 3. The average Bonchev–Trinajstić information content (AvgIpc) is 3.34. The third-order valence-electron chi connectivity index (χ3n) is 16.3. The Hall–Kier alpha value is 0.532. The predicted molar refractivity (Wildman–Crippen MR) is 271 cm³/mol. The van der Waals surface area contributed by atoms with E-state index in [0.29, 0.717) is 39.7 Å². The number of rotatable bonds is 29. The van der Waals surface area contributed by atoms with Gasteiger partial charge < -0.3 is 4.43 Å². The first-order chi connectivity index (χ1) is 29.3. The van der Waals surface area contributed by atoms with Crippen LogP contribution in [-0.4, -0.2) is 102 Å². The van der Waals surface area contributed by atoms with Gasteiger partial charge in [0.05, 0.1) is 0 Å². The first-order valence-electron chi connectivity index (χ1n) is 26.5. The van der Waals surface area contributed by atoms with Gasteiger partial charge in [-0.2, -0.15) is 0 Å². The number of fused-ring (bicyclic) bond motifs is 2.